The predicted molar refractivity (Wildman–Crippen MR) is 112 cm³/mol. The van der Waals surface area contributed by atoms with Crippen molar-refractivity contribution in [2.24, 2.45) is 10.2 Å². The van der Waals surface area contributed by atoms with Gasteiger partial charge in [-0.3, -0.25) is 0 Å². The number of aromatic hydroxyl groups is 1. The van der Waals surface area contributed by atoms with E-state index < -0.39 is 36.5 Å². The first-order valence-corrected chi connectivity index (χ1v) is 12.5. The van der Waals surface area contributed by atoms with E-state index in [4.69, 9.17) is 5.26 Å². The third-order valence-electron chi connectivity index (χ3n) is 3.93. The molecule has 0 unspecified atom stereocenters. The van der Waals surface area contributed by atoms with E-state index in [0.717, 1.165) is 18.4 Å². The fraction of sp³-hybridized carbons (Fsp3) is 0.0588. The van der Waals surface area contributed by atoms with Gasteiger partial charge in [-0.1, -0.05) is 35.1 Å². The van der Waals surface area contributed by atoms with Crippen LogP contribution in [0.15, 0.2) is 62.5 Å². The quantitative estimate of drug-likeness (QED) is 0.0988. The molecule has 3 rings (SSSR count). The average Bonchev–Trinajstić information content (AvgIpc) is 2.70. The van der Waals surface area contributed by atoms with Crippen LogP contribution in [-0.2, 0) is 46.6 Å². The molecule has 0 amide bonds. The zero-order valence-electron chi connectivity index (χ0n) is 16.6. The summed E-state index contributed by atoms with van der Waals surface area (Å²) in [4.78, 5) is -0.935. The van der Waals surface area contributed by atoms with Crippen molar-refractivity contribution >= 4 is 60.0 Å². The maximum Gasteiger partial charge on any atom is 1.00 e. The molecule has 0 saturated heterocycles. The zero-order chi connectivity index (χ0) is 24.4. The number of benzene rings is 3. The predicted octanol–water partition coefficient (Wildman–Crippen LogP) is 3.33. The van der Waals surface area contributed by atoms with Gasteiger partial charge in [0, 0.05) is 11.6 Å². The minimum Gasteiger partial charge on any atom is -0.872 e. The molecule has 0 saturated carbocycles. The fourth-order valence-electron chi connectivity index (χ4n) is 2.69. The van der Waals surface area contributed by atoms with E-state index in [1.54, 1.807) is 0 Å². The zero-order valence-corrected chi connectivity index (χ0v) is 20.0. The van der Waals surface area contributed by atoms with Crippen molar-refractivity contribution in [1.82, 2.24) is 0 Å². The van der Waals surface area contributed by atoms with E-state index in [9.17, 15) is 31.6 Å². The Bertz CT molecular complexity index is 1460. The molecule has 0 aliphatic carbocycles. The molecule has 0 radical (unpaired) electrons. The van der Waals surface area contributed by atoms with Crippen molar-refractivity contribution < 1.29 is 63.3 Å². The van der Waals surface area contributed by atoms with Crippen LogP contribution >= 0.6 is 12.0 Å². The normalized spacial score (nSPS) is 12.1. The summed E-state index contributed by atoms with van der Waals surface area (Å²) < 4.78 is 64.8. The molecule has 3 aromatic carbocycles. The van der Waals surface area contributed by atoms with Crippen molar-refractivity contribution in [2.45, 2.75) is 9.79 Å². The molecule has 0 atom stereocenters. The molecule has 17 heteroatoms. The van der Waals surface area contributed by atoms with E-state index >= 15 is 0 Å². The van der Waals surface area contributed by atoms with Gasteiger partial charge in [0.05, 0.1) is 37.5 Å². The van der Waals surface area contributed by atoms with Gasteiger partial charge >= 0.3 is 17.1 Å². The SMILES string of the molecule is CS(=O)(=O)[N-]c1ccccc1N=Nc1c(SOOO)cc2cc(S(=O)(=O)[O-])cc([O-])c2c1O.[Cu+]. The maximum atomic E-state index is 12.4. The molecule has 0 bridgehead atoms. The molecule has 0 heterocycles. The first kappa shape index (κ1) is 27.8. The minimum absolute atomic E-state index is 0. The molecule has 0 aromatic heterocycles. The van der Waals surface area contributed by atoms with Crippen LogP contribution in [0, 0.1) is 0 Å². The number of fused-ring (bicyclic) bond motifs is 1. The van der Waals surface area contributed by atoms with Crippen LogP contribution < -0.4 is 5.11 Å². The van der Waals surface area contributed by atoms with Gasteiger partial charge in [-0.25, -0.2) is 22.1 Å². The summed E-state index contributed by atoms with van der Waals surface area (Å²) in [7, 11) is -8.74. The molecular weight excluding hydrogens is 566 g/mol. The first-order valence-electron chi connectivity index (χ1n) is 8.46. The molecule has 13 nitrogen and oxygen atoms in total. The van der Waals surface area contributed by atoms with E-state index in [2.05, 4.69) is 24.3 Å². The Morgan fingerprint density at radius 2 is 1.76 bits per heavy atom. The van der Waals surface area contributed by atoms with Crippen LogP contribution in [0.25, 0.3) is 15.5 Å². The monoisotopic (exact) mass is 577 g/mol. The summed E-state index contributed by atoms with van der Waals surface area (Å²) in [5.74, 6) is -1.74. The second-order valence-corrected chi connectivity index (χ2v) is 10.1. The van der Waals surface area contributed by atoms with Crippen LogP contribution in [0.1, 0.15) is 0 Å². The summed E-state index contributed by atoms with van der Waals surface area (Å²) >= 11 is 0.310. The van der Waals surface area contributed by atoms with Crippen LogP contribution in [0.5, 0.6) is 11.5 Å². The minimum atomic E-state index is -4.97. The van der Waals surface area contributed by atoms with Gasteiger partial charge in [0.25, 0.3) is 0 Å². The van der Waals surface area contributed by atoms with Gasteiger partial charge in [-0.05, 0) is 23.6 Å². The first-order chi connectivity index (χ1) is 15.4. The van der Waals surface area contributed by atoms with Crippen LogP contribution in [0.4, 0.5) is 17.1 Å². The Morgan fingerprint density at radius 3 is 2.38 bits per heavy atom. The van der Waals surface area contributed by atoms with Gasteiger partial charge in [-0.15, -0.1) is 15.1 Å². The average molecular weight is 578 g/mol. The van der Waals surface area contributed by atoms with E-state index in [1.807, 2.05) is 0 Å². The number of nitrogens with zero attached hydrogens (tertiary/aromatic N) is 3. The number of rotatable bonds is 8. The van der Waals surface area contributed by atoms with Crippen molar-refractivity contribution in [2.75, 3.05) is 6.26 Å². The molecular formula is C17H12CuN3O10S3-2. The van der Waals surface area contributed by atoms with Gasteiger partial charge in [0.1, 0.15) is 15.8 Å². The van der Waals surface area contributed by atoms with Gasteiger partial charge in [-0.2, -0.15) is 5.11 Å². The number of phenols is 1. The number of hydrogen-bond acceptors (Lipinski definition) is 13. The van der Waals surface area contributed by atoms with Crippen molar-refractivity contribution in [3.8, 4) is 11.5 Å². The number of phenolic OH excluding ortho intramolecular Hbond substituents is 1. The summed E-state index contributed by atoms with van der Waals surface area (Å²) in [6.07, 6.45) is 0.878. The Labute approximate surface area is 207 Å². The van der Waals surface area contributed by atoms with Crippen LogP contribution in [0.3, 0.4) is 0 Å². The van der Waals surface area contributed by atoms with Gasteiger partial charge in [0.2, 0.25) is 0 Å². The molecule has 34 heavy (non-hydrogen) atoms. The van der Waals surface area contributed by atoms with Crippen LogP contribution in [0.2, 0.25) is 0 Å². The topological polar surface area (TPSA) is 212 Å². The maximum absolute atomic E-state index is 12.4. The van der Waals surface area contributed by atoms with Crippen molar-refractivity contribution in [1.29, 1.82) is 0 Å². The summed E-state index contributed by atoms with van der Waals surface area (Å²) in [5, 5.41) is 42.2. The number of hydrogen-bond donors (Lipinski definition) is 2. The van der Waals surface area contributed by atoms with E-state index in [-0.39, 0.29) is 49.8 Å². The van der Waals surface area contributed by atoms with Gasteiger partial charge in [0.15, 0.2) is 5.75 Å². The summed E-state index contributed by atoms with van der Waals surface area (Å²) in [5.41, 5.74) is -0.427. The molecule has 3 aromatic rings. The molecule has 0 aliphatic heterocycles. The Kier molecular flexibility index (Phi) is 8.86. The standard InChI is InChI=1S/C17H14N3O10S3.Cu/c1-32(24,25)20-12-5-3-2-4-11(12)18-19-16-14(31-30-29-23)7-9-6-10(33(26,27)28)8-13(21)15(9)17(16)22;/h2-8H,1H3,(H4-,18,19,20,21,22,23,26,27,28);/q-1;+1/p-2. The Hall–Kier alpha value is -2.47. The smallest absolute Gasteiger partial charge is 0.872 e. The molecule has 0 spiro atoms. The van der Waals surface area contributed by atoms with E-state index in [1.165, 1.54) is 24.3 Å². The number of azo groups is 1. The summed E-state index contributed by atoms with van der Waals surface area (Å²) in [6, 6.07) is 8.32. The Balaban J connectivity index is 0.00000408. The van der Waals surface area contributed by atoms with Crippen molar-refractivity contribution in [3.05, 3.63) is 47.2 Å². The van der Waals surface area contributed by atoms with Gasteiger partial charge < -0.3 is 19.5 Å². The molecule has 186 valence electrons. The number of sulfonamides is 1. The third kappa shape index (κ3) is 6.56. The second kappa shape index (κ2) is 10.9. The summed E-state index contributed by atoms with van der Waals surface area (Å²) in [6.45, 7) is 0. The Morgan fingerprint density at radius 1 is 1.09 bits per heavy atom. The largest absolute Gasteiger partial charge is 1.00 e. The van der Waals surface area contributed by atoms with E-state index in [0.29, 0.717) is 18.1 Å². The van der Waals surface area contributed by atoms with Crippen LogP contribution in [-0.4, -0.2) is 38.0 Å². The third-order valence-corrected chi connectivity index (χ3v) is 5.89. The molecule has 2 N–H and O–H groups in total. The fourth-order valence-corrected chi connectivity index (χ4v) is 4.22. The van der Waals surface area contributed by atoms with Crippen molar-refractivity contribution in [3.63, 3.8) is 0 Å². The molecule has 0 aliphatic rings. The second-order valence-electron chi connectivity index (χ2n) is 6.28. The molecule has 0 fully saturated rings.